The van der Waals surface area contributed by atoms with Gasteiger partial charge in [-0.25, -0.2) is 4.79 Å². The number of unbranched alkanes of at least 4 members (excludes halogenated alkanes) is 1. The highest BCUT2D eigenvalue weighted by atomic mass is 79.9. The lowest BCUT2D eigenvalue weighted by Crippen LogP contribution is -2.11. The summed E-state index contributed by atoms with van der Waals surface area (Å²) in [7, 11) is 1.36. The van der Waals surface area contributed by atoms with Gasteiger partial charge in [0.2, 0.25) is 0 Å². The maximum Gasteiger partial charge on any atom is 0.336 e. The van der Waals surface area contributed by atoms with Crippen molar-refractivity contribution < 1.29 is 14.3 Å². The number of carbonyl (C=O) groups excluding carboxylic acids is 1. The first-order valence-electron chi connectivity index (χ1n) is 5.51. The number of nitrogens with two attached hydrogens (primary N) is 1. The van der Waals surface area contributed by atoms with Gasteiger partial charge in [0.1, 0.15) is 0 Å². The quantitative estimate of drug-likeness (QED) is 0.323. The molecule has 0 saturated carbocycles. The number of methoxy groups -OCH3 is 1. The van der Waals surface area contributed by atoms with E-state index in [0.717, 1.165) is 17.3 Å². The summed E-state index contributed by atoms with van der Waals surface area (Å²) in [5, 5.41) is 0. The van der Waals surface area contributed by atoms with Gasteiger partial charge in [0, 0.05) is 6.61 Å². The van der Waals surface area contributed by atoms with Crippen molar-refractivity contribution in [2.75, 3.05) is 26.9 Å². The predicted octanol–water partition coefficient (Wildman–Crippen LogP) is 2.14. The molecule has 0 amide bonds. The van der Waals surface area contributed by atoms with Crippen LogP contribution in [0.2, 0.25) is 0 Å². The Morgan fingerprint density at radius 1 is 1.35 bits per heavy atom. The summed E-state index contributed by atoms with van der Waals surface area (Å²) in [6.07, 6.45) is 5.31. The summed E-state index contributed by atoms with van der Waals surface area (Å²) in [6, 6.07) is 0. The molecule has 0 spiro atoms. The van der Waals surface area contributed by atoms with E-state index in [1.807, 2.05) is 6.92 Å². The number of allylic oxidation sites excluding steroid dienone is 3. The van der Waals surface area contributed by atoms with E-state index >= 15 is 0 Å². The van der Waals surface area contributed by atoms with Crippen LogP contribution in [0, 0.1) is 0 Å². The summed E-state index contributed by atoms with van der Waals surface area (Å²) in [4.78, 5) is 11.4. The Morgan fingerprint density at radius 3 is 2.59 bits per heavy atom. The maximum absolute atomic E-state index is 11.4. The van der Waals surface area contributed by atoms with E-state index in [4.69, 9.17) is 10.5 Å². The van der Waals surface area contributed by atoms with Gasteiger partial charge in [-0.15, -0.1) is 0 Å². The van der Waals surface area contributed by atoms with Crippen LogP contribution in [0.25, 0.3) is 0 Å². The van der Waals surface area contributed by atoms with Crippen molar-refractivity contribution in [3.05, 3.63) is 22.2 Å². The Morgan fingerprint density at radius 2 is 2.06 bits per heavy atom. The van der Waals surface area contributed by atoms with Crippen LogP contribution in [-0.2, 0) is 14.3 Å². The Bertz CT molecular complexity index is 283. The second-order valence-corrected chi connectivity index (χ2v) is 4.74. The van der Waals surface area contributed by atoms with E-state index in [9.17, 15) is 4.79 Å². The van der Waals surface area contributed by atoms with Crippen LogP contribution >= 0.6 is 15.9 Å². The van der Waals surface area contributed by atoms with Crippen LogP contribution in [0.15, 0.2) is 22.2 Å². The lowest BCUT2D eigenvalue weighted by molar-refractivity contribution is -0.136. The van der Waals surface area contributed by atoms with E-state index in [1.165, 1.54) is 7.11 Å². The molecule has 5 heteroatoms. The van der Waals surface area contributed by atoms with Crippen LogP contribution in [0.3, 0.4) is 0 Å². The molecule has 0 aromatic rings. The Hall–Kier alpha value is -0.650. The molecule has 98 valence electrons. The second kappa shape index (κ2) is 10.5. The molecule has 2 N–H and O–H groups in total. The van der Waals surface area contributed by atoms with E-state index in [0.29, 0.717) is 18.7 Å². The topological polar surface area (TPSA) is 61.5 Å². The smallest absolute Gasteiger partial charge is 0.336 e. The van der Waals surface area contributed by atoms with Gasteiger partial charge < -0.3 is 15.2 Å². The minimum absolute atomic E-state index is 0.258. The molecule has 0 aliphatic carbocycles. The molecule has 0 heterocycles. The predicted molar refractivity (Wildman–Crippen MR) is 71.9 cm³/mol. The van der Waals surface area contributed by atoms with Gasteiger partial charge >= 0.3 is 5.97 Å². The van der Waals surface area contributed by atoms with Crippen LogP contribution in [0.4, 0.5) is 0 Å². The van der Waals surface area contributed by atoms with Crippen molar-refractivity contribution >= 4 is 21.9 Å². The molecule has 17 heavy (non-hydrogen) atoms. The van der Waals surface area contributed by atoms with Gasteiger partial charge in [0.05, 0.1) is 19.3 Å². The molecule has 4 nitrogen and oxygen atoms in total. The van der Waals surface area contributed by atoms with Crippen molar-refractivity contribution in [3.63, 3.8) is 0 Å². The lowest BCUT2D eigenvalue weighted by Gasteiger charge is -2.06. The van der Waals surface area contributed by atoms with Crippen molar-refractivity contribution in [1.82, 2.24) is 0 Å². The van der Waals surface area contributed by atoms with E-state index < -0.39 is 0 Å². The summed E-state index contributed by atoms with van der Waals surface area (Å²) in [6.45, 7) is 3.40. The molecule has 0 atom stereocenters. The van der Waals surface area contributed by atoms with Gasteiger partial charge in [0.25, 0.3) is 0 Å². The van der Waals surface area contributed by atoms with Gasteiger partial charge in [-0.1, -0.05) is 22.0 Å². The number of carbonyl (C=O) groups is 1. The minimum Gasteiger partial charge on any atom is -0.466 e. The standard InChI is InChI=1S/C12H20BrNO3/c1-10(13)5-6-11(12(15)16-2)9-17-8-4-3-7-14/h5-6H,3-4,7-9,14H2,1-2H3/b10-5+,11-6+. The van der Waals surface area contributed by atoms with Crippen molar-refractivity contribution in [2.45, 2.75) is 19.8 Å². The van der Waals surface area contributed by atoms with Gasteiger partial charge in [-0.2, -0.15) is 0 Å². The number of hydrogen-bond acceptors (Lipinski definition) is 4. The molecule has 0 aliphatic heterocycles. The number of hydrogen-bond donors (Lipinski definition) is 1. The molecule has 0 aromatic carbocycles. The zero-order valence-corrected chi connectivity index (χ0v) is 12.0. The van der Waals surface area contributed by atoms with Crippen LogP contribution in [-0.4, -0.2) is 32.8 Å². The molecule has 0 fully saturated rings. The largest absolute Gasteiger partial charge is 0.466 e. The van der Waals surface area contributed by atoms with Crippen molar-refractivity contribution in [1.29, 1.82) is 0 Å². The number of esters is 1. The first-order valence-corrected chi connectivity index (χ1v) is 6.30. The monoisotopic (exact) mass is 305 g/mol. The maximum atomic E-state index is 11.4. The molecule has 0 unspecified atom stereocenters. The first kappa shape index (κ1) is 16.4. The normalized spacial score (nSPS) is 12.7. The number of rotatable bonds is 8. The molecule has 0 aliphatic rings. The highest BCUT2D eigenvalue weighted by molar-refractivity contribution is 9.11. The van der Waals surface area contributed by atoms with Crippen molar-refractivity contribution in [2.24, 2.45) is 5.73 Å². The highest BCUT2D eigenvalue weighted by Gasteiger charge is 2.08. The van der Waals surface area contributed by atoms with Crippen LogP contribution in [0.5, 0.6) is 0 Å². The Labute approximate surface area is 111 Å². The fourth-order valence-corrected chi connectivity index (χ4v) is 1.18. The van der Waals surface area contributed by atoms with Crippen molar-refractivity contribution in [3.8, 4) is 0 Å². The van der Waals surface area contributed by atoms with Crippen LogP contribution < -0.4 is 5.73 Å². The number of ether oxygens (including phenoxy) is 2. The van der Waals surface area contributed by atoms with Gasteiger partial charge in [-0.05, 0) is 36.9 Å². The fraction of sp³-hybridized carbons (Fsp3) is 0.583. The summed E-state index contributed by atoms with van der Waals surface area (Å²) < 4.78 is 11.0. The third-order valence-electron chi connectivity index (χ3n) is 1.96. The fourth-order valence-electron chi connectivity index (χ4n) is 1.05. The minimum atomic E-state index is -0.367. The molecule has 0 aromatic heterocycles. The zero-order valence-electron chi connectivity index (χ0n) is 10.4. The summed E-state index contributed by atoms with van der Waals surface area (Å²) in [5.41, 5.74) is 5.87. The van der Waals surface area contributed by atoms with E-state index in [-0.39, 0.29) is 12.6 Å². The number of halogens is 1. The average molecular weight is 306 g/mol. The first-order chi connectivity index (χ1) is 8.11. The molecule has 0 radical (unpaired) electrons. The molecular formula is C12H20BrNO3. The Kier molecular flexibility index (Phi) is 10.1. The SMILES string of the molecule is COC(=O)/C(=C/C=C(\C)Br)COCCCCN. The highest BCUT2D eigenvalue weighted by Crippen LogP contribution is 2.06. The summed E-state index contributed by atoms with van der Waals surface area (Å²) >= 11 is 3.29. The molecule has 0 bridgehead atoms. The van der Waals surface area contributed by atoms with E-state index in [1.54, 1.807) is 12.2 Å². The third-order valence-corrected chi connectivity index (χ3v) is 2.23. The Balaban J connectivity index is 4.17. The van der Waals surface area contributed by atoms with Gasteiger partial charge in [0.15, 0.2) is 0 Å². The summed E-state index contributed by atoms with van der Waals surface area (Å²) in [5.74, 6) is -0.367. The van der Waals surface area contributed by atoms with E-state index in [2.05, 4.69) is 20.7 Å². The molecular weight excluding hydrogens is 286 g/mol. The third kappa shape index (κ3) is 9.09. The molecule has 0 rings (SSSR count). The average Bonchev–Trinajstić information content (AvgIpc) is 2.31. The van der Waals surface area contributed by atoms with Gasteiger partial charge in [-0.3, -0.25) is 0 Å². The van der Waals surface area contributed by atoms with Crippen LogP contribution in [0.1, 0.15) is 19.8 Å². The second-order valence-electron chi connectivity index (χ2n) is 3.49. The molecule has 0 saturated heterocycles. The zero-order chi connectivity index (χ0) is 13.1. The lowest BCUT2D eigenvalue weighted by atomic mass is 10.2.